The first-order chi connectivity index (χ1) is 18.5. The molecule has 2 heterocycles. The van der Waals surface area contributed by atoms with E-state index in [4.69, 9.17) is 6.42 Å². The Morgan fingerprint density at radius 2 is 1.74 bits per heavy atom. The van der Waals surface area contributed by atoms with E-state index in [0.717, 1.165) is 56.2 Å². The third-order valence-corrected chi connectivity index (χ3v) is 8.54. The highest BCUT2D eigenvalue weighted by Crippen LogP contribution is 2.40. The van der Waals surface area contributed by atoms with E-state index in [2.05, 4.69) is 67.2 Å². The van der Waals surface area contributed by atoms with Gasteiger partial charge in [-0.2, -0.15) is 0 Å². The van der Waals surface area contributed by atoms with Crippen molar-refractivity contribution in [1.82, 2.24) is 9.88 Å². The topological polar surface area (TPSA) is 33.2 Å². The van der Waals surface area contributed by atoms with Gasteiger partial charge in [-0.15, -0.1) is 6.42 Å². The first-order valence-corrected chi connectivity index (χ1v) is 14.5. The standard InChI is InChI=1S/C35H40N2O/c1-4-25(3)7-6-8-27-19-20-36-34(21-27)35(38)37-23-33(24-37)32-18-17-29(28(5-2)22-32)12-9-26-10-13-30(14-11-26)31-15-16-31/h2,10-11,13-14,17-22,25,31,33H,4,6-9,12,15-16,23-24H2,1,3H3. The number of nitrogens with zero attached hydrogens (tertiary/aromatic N) is 2. The molecule has 0 bridgehead atoms. The quantitative estimate of drug-likeness (QED) is 0.256. The number of carbonyl (C=O) groups is 1. The Kier molecular flexibility index (Phi) is 8.28. The molecule has 3 heteroatoms. The molecule has 1 aromatic heterocycles. The van der Waals surface area contributed by atoms with E-state index in [1.807, 2.05) is 17.0 Å². The Balaban J connectivity index is 1.14. The molecule has 1 aliphatic carbocycles. The maximum absolute atomic E-state index is 13.1. The van der Waals surface area contributed by atoms with Gasteiger partial charge in [-0.25, -0.2) is 0 Å². The number of amides is 1. The van der Waals surface area contributed by atoms with Crippen LogP contribution in [0.3, 0.4) is 0 Å². The van der Waals surface area contributed by atoms with Crippen LogP contribution < -0.4 is 0 Å². The summed E-state index contributed by atoms with van der Waals surface area (Å²) >= 11 is 0. The molecule has 1 saturated carbocycles. The van der Waals surface area contributed by atoms with Gasteiger partial charge in [-0.1, -0.05) is 69.0 Å². The highest BCUT2D eigenvalue weighted by Gasteiger charge is 2.33. The molecule has 0 spiro atoms. The van der Waals surface area contributed by atoms with Gasteiger partial charge >= 0.3 is 0 Å². The first kappa shape index (κ1) is 26.2. The fourth-order valence-corrected chi connectivity index (χ4v) is 5.48. The number of terminal acetylenes is 1. The number of pyridine rings is 1. The van der Waals surface area contributed by atoms with Crippen LogP contribution in [0.15, 0.2) is 60.8 Å². The van der Waals surface area contributed by atoms with Crippen molar-refractivity contribution in [1.29, 1.82) is 0 Å². The molecule has 1 unspecified atom stereocenters. The third kappa shape index (κ3) is 6.36. The molecule has 0 radical (unpaired) electrons. The van der Waals surface area contributed by atoms with Crippen LogP contribution in [0.4, 0.5) is 0 Å². The molecule has 3 nitrogen and oxygen atoms in total. The van der Waals surface area contributed by atoms with Gasteiger partial charge in [0, 0.05) is 30.8 Å². The minimum atomic E-state index is 0.0338. The lowest BCUT2D eigenvalue weighted by atomic mass is 9.88. The van der Waals surface area contributed by atoms with Crippen LogP contribution in [0.25, 0.3) is 0 Å². The summed E-state index contributed by atoms with van der Waals surface area (Å²) in [7, 11) is 0. The van der Waals surface area contributed by atoms with E-state index in [9.17, 15) is 4.79 Å². The van der Waals surface area contributed by atoms with Crippen molar-refractivity contribution in [3.8, 4) is 12.3 Å². The molecular weight excluding hydrogens is 464 g/mol. The van der Waals surface area contributed by atoms with Crippen LogP contribution in [0.1, 0.15) is 102 Å². The molecule has 1 atom stereocenters. The van der Waals surface area contributed by atoms with E-state index < -0.39 is 0 Å². The number of hydrogen-bond donors (Lipinski definition) is 0. The number of carbonyl (C=O) groups excluding carboxylic acids is 1. The van der Waals surface area contributed by atoms with Crippen LogP contribution >= 0.6 is 0 Å². The van der Waals surface area contributed by atoms with Gasteiger partial charge < -0.3 is 4.90 Å². The minimum absolute atomic E-state index is 0.0338. The lowest BCUT2D eigenvalue weighted by Crippen LogP contribution is -2.48. The summed E-state index contributed by atoms with van der Waals surface area (Å²) in [5.41, 5.74) is 8.05. The molecule has 38 heavy (non-hydrogen) atoms. The number of aromatic nitrogens is 1. The molecule has 2 fully saturated rings. The zero-order valence-electron chi connectivity index (χ0n) is 23.0. The van der Waals surface area contributed by atoms with Crippen molar-refractivity contribution in [2.24, 2.45) is 5.92 Å². The molecule has 1 saturated heterocycles. The summed E-state index contributed by atoms with van der Waals surface area (Å²) in [6, 6.07) is 19.7. The SMILES string of the molecule is C#Cc1cc(C2CN(C(=O)c3cc(CCCC(C)CC)ccn3)C2)ccc1CCc1ccc(C2CC2)cc1. The van der Waals surface area contributed by atoms with Crippen LogP contribution in [0, 0.1) is 18.3 Å². The number of aryl methyl sites for hydroxylation is 3. The zero-order chi connectivity index (χ0) is 26.5. The van der Waals surface area contributed by atoms with Crippen molar-refractivity contribution in [3.05, 3.63) is 99.9 Å². The highest BCUT2D eigenvalue weighted by molar-refractivity contribution is 5.93. The Morgan fingerprint density at radius 1 is 0.974 bits per heavy atom. The maximum atomic E-state index is 13.1. The average molecular weight is 505 g/mol. The Labute approximate surface area is 228 Å². The average Bonchev–Trinajstić information content (AvgIpc) is 3.77. The van der Waals surface area contributed by atoms with Gasteiger partial charge in [0.1, 0.15) is 5.69 Å². The molecule has 1 aliphatic heterocycles. The smallest absolute Gasteiger partial charge is 0.272 e. The molecule has 2 aliphatic rings. The van der Waals surface area contributed by atoms with Gasteiger partial charge in [0.25, 0.3) is 5.91 Å². The Hall–Kier alpha value is -3.38. The second-order valence-electron chi connectivity index (χ2n) is 11.4. The number of likely N-dealkylation sites (tertiary alicyclic amines) is 1. The summed E-state index contributed by atoms with van der Waals surface area (Å²) < 4.78 is 0. The number of benzene rings is 2. The molecule has 196 valence electrons. The van der Waals surface area contributed by atoms with Crippen molar-refractivity contribution in [2.75, 3.05) is 13.1 Å². The molecule has 3 aromatic rings. The van der Waals surface area contributed by atoms with E-state index in [1.165, 1.54) is 53.5 Å². The van der Waals surface area contributed by atoms with Crippen molar-refractivity contribution in [2.45, 2.75) is 77.0 Å². The van der Waals surface area contributed by atoms with Gasteiger partial charge in [0.15, 0.2) is 0 Å². The van der Waals surface area contributed by atoms with E-state index >= 15 is 0 Å². The largest absolute Gasteiger partial charge is 0.336 e. The van der Waals surface area contributed by atoms with Crippen LogP contribution in [-0.4, -0.2) is 28.9 Å². The Morgan fingerprint density at radius 3 is 2.45 bits per heavy atom. The second-order valence-corrected chi connectivity index (χ2v) is 11.4. The van der Waals surface area contributed by atoms with Gasteiger partial charge in [0.2, 0.25) is 0 Å². The predicted molar refractivity (Wildman–Crippen MR) is 155 cm³/mol. The monoisotopic (exact) mass is 504 g/mol. The van der Waals surface area contributed by atoms with Crippen LogP contribution in [-0.2, 0) is 19.3 Å². The summed E-state index contributed by atoms with van der Waals surface area (Å²) in [5, 5.41) is 0. The van der Waals surface area contributed by atoms with E-state index in [1.54, 1.807) is 6.20 Å². The van der Waals surface area contributed by atoms with Gasteiger partial charge in [0.05, 0.1) is 0 Å². The highest BCUT2D eigenvalue weighted by atomic mass is 16.2. The third-order valence-electron chi connectivity index (χ3n) is 8.54. The predicted octanol–water partition coefficient (Wildman–Crippen LogP) is 7.33. The van der Waals surface area contributed by atoms with Gasteiger partial charge in [-0.3, -0.25) is 9.78 Å². The number of rotatable bonds is 11. The molecule has 0 N–H and O–H groups in total. The summed E-state index contributed by atoms with van der Waals surface area (Å²) in [4.78, 5) is 19.4. The molecule has 5 rings (SSSR count). The normalized spacial score (nSPS) is 16.1. The zero-order valence-corrected chi connectivity index (χ0v) is 23.0. The van der Waals surface area contributed by atoms with Crippen LogP contribution in [0.5, 0.6) is 0 Å². The van der Waals surface area contributed by atoms with Gasteiger partial charge in [-0.05, 0) is 96.4 Å². The summed E-state index contributed by atoms with van der Waals surface area (Å²) in [5.74, 6) is 4.82. The first-order valence-electron chi connectivity index (χ1n) is 14.5. The van der Waals surface area contributed by atoms with Crippen molar-refractivity contribution < 1.29 is 4.79 Å². The van der Waals surface area contributed by atoms with Crippen molar-refractivity contribution >= 4 is 5.91 Å². The van der Waals surface area contributed by atoms with Crippen molar-refractivity contribution in [3.63, 3.8) is 0 Å². The lowest BCUT2D eigenvalue weighted by molar-refractivity contribution is 0.0596. The second kappa shape index (κ2) is 12.0. The van der Waals surface area contributed by atoms with Crippen LogP contribution in [0.2, 0.25) is 0 Å². The molecule has 1 amide bonds. The fraction of sp³-hybridized carbons (Fsp3) is 0.429. The van der Waals surface area contributed by atoms with E-state index in [0.29, 0.717) is 11.6 Å². The van der Waals surface area contributed by atoms with E-state index in [-0.39, 0.29) is 5.91 Å². The minimum Gasteiger partial charge on any atom is -0.336 e. The lowest BCUT2D eigenvalue weighted by Gasteiger charge is -2.39. The number of hydrogen-bond acceptors (Lipinski definition) is 2. The molecule has 2 aromatic carbocycles. The summed E-state index contributed by atoms with van der Waals surface area (Å²) in [6.45, 7) is 5.98. The Bertz CT molecular complexity index is 1290. The summed E-state index contributed by atoms with van der Waals surface area (Å²) in [6.07, 6.45) is 16.9. The molecular formula is C35H40N2O. The fourth-order valence-electron chi connectivity index (χ4n) is 5.48. The maximum Gasteiger partial charge on any atom is 0.272 e.